The van der Waals surface area contributed by atoms with Crippen LogP contribution in [-0.2, 0) is 4.79 Å². The average Bonchev–Trinajstić information content (AvgIpc) is 1.84. The Kier molecular flexibility index (Phi) is 5.14. The molecular weight excluding hydrogens is 150 g/mol. The topological polar surface area (TPSA) is 29.1 Å². The molecule has 0 amide bonds. The van der Waals surface area contributed by atoms with Crippen LogP contribution in [-0.4, -0.2) is 18.4 Å². The highest BCUT2D eigenvalue weighted by Crippen LogP contribution is 2.03. The summed E-state index contributed by atoms with van der Waals surface area (Å²) in [6, 6.07) is 0.0346. The van der Waals surface area contributed by atoms with Crippen LogP contribution in [0, 0.1) is 11.8 Å². The first kappa shape index (κ1) is 11.6. The van der Waals surface area contributed by atoms with Gasteiger partial charge in [0.15, 0.2) is 0 Å². The highest BCUT2D eigenvalue weighted by atomic mass is 16.1. The molecule has 0 aliphatic rings. The van der Waals surface area contributed by atoms with E-state index in [1.807, 2.05) is 0 Å². The normalized spacial score (nSPS) is 13.9. The molecule has 0 aliphatic carbocycles. The molecule has 0 saturated heterocycles. The Balaban J connectivity index is 3.88. The Hall–Kier alpha value is -0.370. The fourth-order valence-corrected chi connectivity index (χ4v) is 1.21. The van der Waals surface area contributed by atoms with Crippen molar-refractivity contribution in [1.82, 2.24) is 5.32 Å². The van der Waals surface area contributed by atoms with Crippen molar-refractivity contribution in [3.8, 4) is 0 Å². The van der Waals surface area contributed by atoms with Crippen LogP contribution in [0.1, 0.15) is 34.6 Å². The summed E-state index contributed by atoms with van der Waals surface area (Å²) in [6.45, 7) is 11.0. The average molecular weight is 171 g/mol. The van der Waals surface area contributed by atoms with E-state index in [9.17, 15) is 4.79 Å². The van der Waals surface area contributed by atoms with Crippen molar-refractivity contribution in [3.63, 3.8) is 0 Å². The van der Waals surface area contributed by atoms with E-state index in [1.165, 1.54) is 0 Å². The largest absolute Gasteiger partial charge is 0.307 e. The van der Waals surface area contributed by atoms with Crippen molar-refractivity contribution in [2.75, 3.05) is 6.54 Å². The van der Waals surface area contributed by atoms with Gasteiger partial charge in [-0.15, -0.1) is 0 Å². The summed E-state index contributed by atoms with van der Waals surface area (Å²) in [6.07, 6.45) is 0. The lowest BCUT2D eigenvalue weighted by Gasteiger charge is -2.20. The first-order valence-corrected chi connectivity index (χ1v) is 4.69. The molecule has 0 rings (SSSR count). The van der Waals surface area contributed by atoms with Crippen molar-refractivity contribution in [2.45, 2.75) is 40.7 Å². The predicted molar refractivity (Wildman–Crippen MR) is 52.1 cm³/mol. The van der Waals surface area contributed by atoms with Gasteiger partial charge in [-0.25, -0.2) is 0 Å². The lowest BCUT2D eigenvalue weighted by atomic mass is 10.0. The molecule has 2 nitrogen and oxygen atoms in total. The smallest absolute Gasteiger partial charge is 0.146 e. The quantitative estimate of drug-likeness (QED) is 0.684. The summed E-state index contributed by atoms with van der Waals surface area (Å²) in [5.41, 5.74) is 0. The van der Waals surface area contributed by atoms with Crippen LogP contribution in [0.25, 0.3) is 0 Å². The summed E-state index contributed by atoms with van der Waals surface area (Å²) in [5.74, 6) is 1.23. The molecule has 0 bridgehead atoms. The molecule has 0 fully saturated rings. The van der Waals surface area contributed by atoms with E-state index >= 15 is 0 Å². The van der Waals surface area contributed by atoms with Crippen LogP contribution in [0.5, 0.6) is 0 Å². The second-order valence-corrected chi connectivity index (χ2v) is 4.13. The van der Waals surface area contributed by atoms with Gasteiger partial charge in [0.25, 0.3) is 0 Å². The maximum absolute atomic E-state index is 11.1. The van der Waals surface area contributed by atoms with E-state index in [2.05, 4.69) is 33.0 Å². The number of carbonyl (C=O) groups excluding carboxylic acids is 1. The van der Waals surface area contributed by atoms with Crippen LogP contribution in [0.3, 0.4) is 0 Å². The monoisotopic (exact) mass is 171 g/mol. The van der Waals surface area contributed by atoms with Gasteiger partial charge in [0.1, 0.15) is 5.78 Å². The van der Waals surface area contributed by atoms with Gasteiger partial charge in [-0.05, 0) is 25.3 Å². The van der Waals surface area contributed by atoms with Gasteiger partial charge in [-0.2, -0.15) is 0 Å². The standard InChI is InChI=1S/C10H21NO/c1-7(2)6-11-10(8(3)4)9(5)12/h7-8,10-11H,6H2,1-5H3. The first-order valence-electron chi connectivity index (χ1n) is 4.69. The van der Waals surface area contributed by atoms with Crippen LogP contribution in [0.2, 0.25) is 0 Å². The number of Topliss-reactive ketones (excluding diaryl/α,β-unsaturated/α-hetero) is 1. The molecule has 1 atom stereocenters. The molecule has 0 radical (unpaired) electrons. The molecule has 0 saturated carbocycles. The Morgan fingerprint density at radius 1 is 1.25 bits per heavy atom. The van der Waals surface area contributed by atoms with Crippen LogP contribution in [0.15, 0.2) is 0 Å². The highest BCUT2D eigenvalue weighted by molar-refractivity contribution is 5.81. The predicted octanol–water partition coefficient (Wildman–Crippen LogP) is 1.85. The number of nitrogens with one attached hydrogen (secondary N) is 1. The van der Waals surface area contributed by atoms with Gasteiger partial charge < -0.3 is 5.32 Å². The van der Waals surface area contributed by atoms with Crippen LogP contribution in [0.4, 0.5) is 0 Å². The molecule has 1 N–H and O–H groups in total. The van der Waals surface area contributed by atoms with Gasteiger partial charge in [0, 0.05) is 0 Å². The first-order chi connectivity index (χ1) is 5.45. The molecule has 0 aliphatic heterocycles. The second-order valence-electron chi connectivity index (χ2n) is 4.13. The zero-order valence-electron chi connectivity index (χ0n) is 8.85. The number of hydrogen-bond donors (Lipinski definition) is 1. The summed E-state index contributed by atoms with van der Waals surface area (Å²) in [5, 5.41) is 3.27. The summed E-state index contributed by atoms with van der Waals surface area (Å²) < 4.78 is 0. The molecule has 0 spiro atoms. The molecule has 0 aromatic carbocycles. The Bertz CT molecular complexity index is 141. The maximum Gasteiger partial charge on any atom is 0.146 e. The molecule has 12 heavy (non-hydrogen) atoms. The van der Waals surface area contributed by atoms with Gasteiger partial charge in [-0.3, -0.25) is 4.79 Å². The molecule has 72 valence electrons. The zero-order valence-corrected chi connectivity index (χ0v) is 8.85. The fraction of sp³-hybridized carbons (Fsp3) is 0.900. The second kappa shape index (κ2) is 5.31. The third kappa shape index (κ3) is 4.50. The van der Waals surface area contributed by atoms with E-state index < -0.39 is 0 Å². The van der Waals surface area contributed by atoms with Crippen molar-refractivity contribution < 1.29 is 4.79 Å². The number of ketones is 1. The Morgan fingerprint density at radius 3 is 2.00 bits per heavy atom. The molecule has 1 unspecified atom stereocenters. The van der Waals surface area contributed by atoms with Crippen molar-refractivity contribution in [3.05, 3.63) is 0 Å². The van der Waals surface area contributed by atoms with Gasteiger partial charge in [-0.1, -0.05) is 27.7 Å². The molecule has 2 heteroatoms. The van der Waals surface area contributed by atoms with E-state index in [1.54, 1.807) is 6.92 Å². The molecule has 0 aromatic rings. The fourth-order valence-electron chi connectivity index (χ4n) is 1.21. The van der Waals surface area contributed by atoms with Gasteiger partial charge in [0.2, 0.25) is 0 Å². The zero-order chi connectivity index (χ0) is 9.72. The third-order valence-electron chi connectivity index (χ3n) is 1.85. The van der Waals surface area contributed by atoms with Gasteiger partial charge >= 0.3 is 0 Å². The summed E-state index contributed by atoms with van der Waals surface area (Å²) in [7, 11) is 0. The van der Waals surface area contributed by atoms with E-state index in [0.717, 1.165) is 6.54 Å². The van der Waals surface area contributed by atoms with Crippen LogP contribution >= 0.6 is 0 Å². The molecule has 0 heterocycles. The van der Waals surface area contributed by atoms with Crippen molar-refractivity contribution in [2.24, 2.45) is 11.8 Å². The molecule has 0 aromatic heterocycles. The van der Waals surface area contributed by atoms with E-state index in [4.69, 9.17) is 0 Å². The summed E-state index contributed by atoms with van der Waals surface area (Å²) >= 11 is 0. The minimum absolute atomic E-state index is 0.0346. The third-order valence-corrected chi connectivity index (χ3v) is 1.85. The SMILES string of the molecule is CC(=O)C(NCC(C)C)C(C)C. The van der Waals surface area contributed by atoms with Crippen LogP contribution < -0.4 is 5.32 Å². The highest BCUT2D eigenvalue weighted by Gasteiger charge is 2.17. The Morgan fingerprint density at radius 2 is 1.75 bits per heavy atom. The number of carbonyl (C=O) groups is 1. The lowest BCUT2D eigenvalue weighted by Crippen LogP contribution is -2.41. The minimum Gasteiger partial charge on any atom is -0.307 e. The number of hydrogen-bond acceptors (Lipinski definition) is 2. The summed E-state index contributed by atoms with van der Waals surface area (Å²) in [4.78, 5) is 11.1. The number of rotatable bonds is 5. The Labute approximate surface area is 75.7 Å². The van der Waals surface area contributed by atoms with Gasteiger partial charge in [0.05, 0.1) is 6.04 Å². The maximum atomic E-state index is 11.1. The minimum atomic E-state index is 0.0346. The van der Waals surface area contributed by atoms with Crippen molar-refractivity contribution in [1.29, 1.82) is 0 Å². The van der Waals surface area contributed by atoms with E-state index in [-0.39, 0.29) is 11.8 Å². The van der Waals surface area contributed by atoms with Crippen molar-refractivity contribution >= 4 is 5.78 Å². The lowest BCUT2D eigenvalue weighted by molar-refractivity contribution is -0.119. The van der Waals surface area contributed by atoms with E-state index in [0.29, 0.717) is 11.8 Å². The molecular formula is C10H21NO.